The van der Waals surface area contributed by atoms with Crippen molar-refractivity contribution in [3.8, 4) is 17.1 Å². The van der Waals surface area contributed by atoms with Gasteiger partial charge < -0.3 is 15.0 Å². The van der Waals surface area contributed by atoms with E-state index >= 15 is 0 Å². The van der Waals surface area contributed by atoms with Gasteiger partial charge in [0.25, 0.3) is 0 Å². The lowest BCUT2D eigenvalue weighted by Crippen LogP contribution is -2.09. The fraction of sp³-hybridized carbons (Fsp3) is 0.208. The maximum atomic E-state index is 10.0. The Hall–Kier alpha value is -3.45. The smallest absolute Gasteiger partial charge is 0.166 e. The summed E-state index contributed by atoms with van der Waals surface area (Å²) >= 11 is 1.70. The second kappa shape index (κ2) is 8.00. The highest BCUT2D eigenvalue weighted by atomic mass is 32.1. The molecule has 0 bridgehead atoms. The molecule has 6 nitrogen and oxygen atoms in total. The maximum absolute atomic E-state index is 10.0. The van der Waals surface area contributed by atoms with Crippen molar-refractivity contribution in [2.45, 2.75) is 26.3 Å². The van der Waals surface area contributed by atoms with E-state index in [1.54, 1.807) is 17.4 Å². The summed E-state index contributed by atoms with van der Waals surface area (Å²) in [7, 11) is 0. The molecular formula is C24H23N5OS. The molecule has 0 radical (unpaired) electrons. The lowest BCUT2D eigenvalue weighted by atomic mass is 10.1. The number of nitrogens with zero attached hydrogens (tertiary/aromatic N) is 4. The van der Waals surface area contributed by atoms with Gasteiger partial charge in [-0.3, -0.25) is 0 Å². The minimum atomic E-state index is 0.237. The van der Waals surface area contributed by atoms with Crippen LogP contribution in [0, 0.1) is 0 Å². The van der Waals surface area contributed by atoms with E-state index in [4.69, 9.17) is 9.97 Å². The van der Waals surface area contributed by atoms with Crippen LogP contribution in [0.25, 0.3) is 32.6 Å². The van der Waals surface area contributed by atoms with Crippen LogP contribution < -0.4 is 5.32 Å². The van der Waals surface area contributed by atoms with Crippen molar-refractivity contribution in [3.63, 3.8) is 0 Å². The molecule has 3 heterocycles. The van der Waals surface area contributed by atoms with Crippen LogP contribution >= 0.6 is 11.3 Å². The van der Waals surface area contributed by atoms with Gasteiger partial charge in [-0.1, -0.05) is 36.4 Å². The molecule has 0 fully saturated rings. The molecule has 0 amide bonds. The van der Waals surface area contributed by atoms with Crippen LogP contribution in [0.1, 0.15) is 25.5 Å². The van der Waals surface area contributed by atoms with Crippen LogP contribution in [-0.2, 0) is 6.42 Å². The third-order valence-electron chi connectivity index (χ3n) is 5.38. The number of aromatic nitrogens is 4. The van der Waals surface area contributed by atoms with Gasteiger partial charge in [0.05, 0.1) is 6.33 Å². The molecule has 31 heavy (non-hydrogen) atoms. The molecule has 5 aromatic rings. The van der Waals surface area contributed by atoms with Gasteiger partial charge in [0, 0.05) is 33.6 Å². The molecule has 5 rings (SSSR count). The predicted molar refractivity (Wildman–Crippen MR) is 127 cm³/mol. The van der Waals surface area contributed by atoms with Crippen molar-refractivity contribution >= 4 is 38.4 Å². The molecule has 0 aliphatic heterocycles. The highest BCUT2D eigenvalue weighted by Gasteiger charge is 2.17. The Kier molecular flexibility index (Phi) is 5.03. The number of imidazole rings is 1. The van der Waals surface area contributed by atoms with Gasteiger partial charge in [-0.05, 0) is 38.0 Å². The molecule has 7 heteroatoms. The third kappa shape index (κ3) is 3.61. The zero-order chi connectivity index (χ0) is 21.4. The number of anilines is 1. The van der Waals surface area contributed by atoms with Crippen molar-refractivity contribution in [1.82, 2.24) is 19.5 Å². The molecule has 0 saturated heterocycles. The summed E-state index contributed by atoms with van der Waals surface area (Å²) in [6.07, 6.45) is 2.51. The number of aromatic hydroxyl groups is 1. The number of para-hydroxylation sites is 1. The van der Waals surface area contributed by atoms with E-state index in [-0.39, 0.29) is 6.04 Å². The van der Waals surface area contributed by atoms with Crippen LogP contribution in [-0.4, -0.2) is 31.2 Å². The van der Waals surface area contributed by atoms with Gasteiger partial charge in [-0.15, -0.1) is 11.3 Å². The minimum Gasteiger partial charge on any atom is -0.508 e. The normalized spacial score (nSPS) is 11.6. The number of nitrogens with one attached hydrogen (secondary N) is 1. The zero-order valence-corrected chi connectivity index (χ0v) is 18.2. The second-order valence-corrected chi connectivity index (χ2v) is 8.68. The van der Waals surface area contributed by atoms with E-state index in [1.165, 1.54) is 4.70 Å². The van der Waals surface area contributed by atoms with Crippen LogP contribution in [0.5, 0.6) is 5.75 Å². The van der Waals surface area contributed by atoms with E-state index in [0.717, 1.165) is 27.7 Å². The molecular weight excluding hydrogens is 406 g/mol. The fourth-order valence-corrected chi connectivity index (χ4v) is 4.67. The van der Waals surface area contributed by atoms with E-state index < -0.39 is 0 Å². The Labute approximate surface area is 184 Å². The first-order chi connectivity index (χ1) is 15.1. The van der Waals surface area contributed by atoms with Crippen molar-refractivity contribution in [2.24, 2.45) is 0 Å². The molecule has 156 valence electrons. The Morgan fingerprint density at radius 2 is 1.87 bits per heavy atom. The van der Waals surface area contributed by atoms with Crippen molar-refractivity contribution in [3.05, 3.63) is 65.8 Å². The predicted octanol–water partition coefficient (Wildman–Crippen LogP) is 5.65. The molecule has 0 aliphatic rings. The van der Waals surface area contributed by atoms with Gasteiger partial charge >= 0.3 is 0 Å². The van der Waals surface area contributed by atoms with Gasteiger partial charge in [-0.25, -0.2) is 15.0 Å². The quantitative estimate of drug-likeness (QED) is 0.365. The number of thiophene rings is 1. The Morgan fingerprint density at radius 3 is 2.71 bits per heavy atom. The van der Waals surface area contributed by atoms with E-state index in [2.05, 4.69) is 46.2 Å². The standard InChI is InChI=1S/C24H23N5OS/c1-15(2)29-14-26-21-23(25-12-11-16-7-3-5-9-19(16)30)27-22(28-24(21)29)18-13-31-20-10-6-4-8-17(18)20/h3-10,13-15,30H,11-12H2,1-2H3,(H,25,27,28). The summed E-state index contributed by atoms with van der Waals surface area (Å²) in [4.78, 5) is 14.4. The summed E-state index contributed by atoms with van der Waals surface area (Å²) in [5.41, 5.74) is 3.51. The molecule has 0 saturated carbocycles. The topological polar surface area (TPSA) is 75.9 Å². The summed E-state index contributed by atoms with van der Waals surface area (Å²) in [5, 5.41) is 16.8. The monoisotopic (exact) mass is 429 g/mol. The van der Waals surface area contributed by atoms with Crippen LogP contribution in [0.3, 0.4) is 0 Å². The van der Waals surface area contributed by atoms with Crippen LogP contribution in [0.15, 0.2) is 60.2 Å². The van der Waals surface area contributed by atoms with Crippen molar-refractivity contribution in [1.29, 1.82) is 0 Å². The van der Waals surface area contributed by atoms with Gasteiger partial charge in [0.1, 0.15) is 11.3 Å². The van der Waals surface area contributed by atoms with Gasteiger partial charge in [0.2, 0.25) is 0 Å². The number of phenols is 1. The number of benzene rings is 2. The van der Waals surface area contributed by atoms with Gasteiger partial charge in [-0.2, -0.15) is 0 Å². The fourth-order valence-electron chi connectivity index (χ4n) is 3.73. The third-order valence-corrected chi connectivity index (χ3v) is 6.34. The van der Waals surface area contributed by atoms with E-state index in [0.29, 0.717) is 30.4 Å². The molecule has 2 aromatic carbocycles. The summed E-state index contributed by atoms with van der Waals surface area (Å²) < 4.78 is 3.29. The maximum Gasteiger partial charge on any atom is 0.166 e. The molecule has 2 N–H and O–H groups in total. The largest absolute Gasteiger partial charge is 0.508 e. The highest BCUT2D eigenvalue weighted by Crippen LogP contribution is 2.34. The average Bonchev–Trinajstić information content (AvgIpc) is 3.39. The molecule has 0 atom stereocenters. The van der Waals surface area contributed by atoms with Crippen molar-refractivity contribution < 1.29 is 5.11 Å². The first-order valence-electron chi connectivity index (χ1n) is 10.3. The van der Waals surface area contributed by atoms with Gasteiger partial charge in [0.15, 0.2) is 17.3 Å². The first kappa shape index (κ1) is 19.5. The van der Waals surface area contributed by atoms with Crippen LogP contribution in [0.2, 0.25) is 0 Å². The van der Waals surface area contributed by atoms with E-state index in [9.17, 15) is 5.11 Å². The summed E-state index contributed by atoms with van der Waals surface area (Å²) in [5.74, 6) is 1.72. The summed E-state index contributed by atoms with van der Waals surface area (Å²) in [6, 6.07) is 16.0. The number of fused-ring (bicyclic) bond motifs is 2. The Morgan fingerprint density at radius 1 is 1.06 bits per heavy atom. The number of rotatable bonds is 6. The minimum absolute atomic E-state index is 0.237. The van der Waals surface area contributed by atoms with E-state index in [1.807, 2.05) is 36.7 Å². The zero-order valence-electron chi connectivity index (χ0n) is 17.4. The summed E-state index contributed by atoms with van der Waals surface area (Å²) in [6.45, 7) is 4.87. The molecule has 3 aromatic heterocycles. The molecule has 0 unspecified atom stereocenters. The number of phenolic OH excluding ortho intramolecular Hbond substituents is 1. The lowest BCUT2D eigenvalue weighted by Gasteiger charge is -2.11. The lowest BCUT2D eigenvalue weighted by molar-refractivity contribution is 0.468. The first-order valence-corrected chi connectivity index (χ1v) is 11.2. The molecule has 0 spiro atoms. The number of hydrogen-bond acceptors (Lipinski definition) is 6. The SMILES string of the molecule is CC(C)n1cnc2c(NCCc3ccccc3O)nc(-c3csc4ccccc34)nc21. The highest BCUT2D eigenvalue weighted by molar-refractivity contribution is 7.17. The van der Waals surface area contributed by atoms with Crippen molar-refractivity contribution in [2.75, 3.05) is 11.9 Å². The number of hydrogen-bond donors (Lipinski definition) is 2. The molecule has 0 aliphatic carbocycles. The second-order valence-electron chi connectivity index (χ2n) is 7.76. The average molecular weight is 430 g/mol. The Balaban J connectivity index is 1.56. The van der Waals surface area contributed by atoms with Crippen LogP contribution in [0.4, 0.5) is 5.82 Å². The Bertz CT molecular complexity index is 1370.